The van der Waals surface area contributed by atoms with Crippen LogP contribution in [0.3, 0.4) is 0 Å². The molecule has 8 heteroatoms. The van der Waals surface area contributed by atoms with Gasteiger partial charge in [-0.05, 0) is 17.8 Å². The van der Waals surface area contributed by atoms with Gasteiger partial charge >= 0.3 is 12.1 Å². The van der Waals surface area contributed by atoms with Gasteiger partial charge in [0.05, 0.1) is 7.11 Å². The van der Waals surface area contributed by atoms with E-state index in [9.17, 15) is 9.59 Å². The minimum absolute atomic E-state index is 0.0163. The molecule has 4 N–H and O–H groups in total. The van der Waals surface area contributed by atoms with Gasteiger partial charge in [0.1, 0.15) is 12.6 Å². The van der Waals surface area contributed by atoms with Crippen LogP contribution in [0.1, 0.15) is 5.56 Å². The predicted octanol–water partition coefficient (Wildman–Crippen LogP) is 0.288. The Morgan fingerprint density at radius 2 is 2.00 bits per heavy atom. The fraction of sp³-hybridized carbons (Fsp3) is 0.308. The third kappa shape index (κ3) is 6.57. The summed E-state index contributed by atoms with van der Waals surface area (Å²) in [5.74, 6) is -0.629. The van der Waals surface area contributed by atoms with E-state index in [0.717, 1.165) is 5.56 Å². The summed E-state index contributed by atoms with van der Waals surface area (Å²) in [5.41, 5.74) is 6.11. The summed E-state index contributed by atoms with van der Waals surface area (Å²) in [4.78, 5) is 23.2. The highest BCUT2D eigenvalue weighted by Gasteiger charge is 2.22. The van der Waals surface area contributed by atoms with E-state index in [-0.39, 0.29) is 18.3 Å². The fourth-order valence-corrected chi connectivity index (χ4v) is 1.53. The average molecular weight is 311 g/mol. The van der Waals surface area contributed by atoms with E-state index >= 15 is 0 Å². The van der Waals surface area contributed by atoms with E-state index in [2.05, 4.69) is 27.6 Å². The number of alkyl carbamates (subject to hydrolysis) is 1. The molecule has 0 fully saturated rings. The molecule has 0 spiro atoms. The predicted molar refractivity (Wildman–Crippen MR) is 80.4 cm³/mol. The van der Waals surface area contributed by atoms with Crippen molar-refractivity contribution < 1.29 is 19.1 Å². The molecule has 0 saturated carbocycles. The average Bonchev–Trinajstić information content (AvgIpc) is 2.49. The molecule has 7 nitrogen and oxygen atoms in total. The quantitative estimate of drug-likeness (QED) is 0.512. The number of nitrogens with two attached hydrogens (primary N) is 1. The van der Waals surface area contributed by atoms with E-state index in [1.165, 1.54) is 7.11 Å². The summed E-state index contributed by atoms with van der Waals surface area (Å²) in [7, 11) is 1.22. The van der Waals surface area contributed by atoms with Crippen molar-refractivity contribution in [1.29, 1.82) is 0 Å². The first kappa shape index (κ1) is 16.7. The number of carbonyl (C=O) groups is 2. The number of methoxy groups -OCH3 is 1. The molecule has 1 unspecified atom stereocenters. The Kier molecular flexibility index (Phi) is 6.96. The van der Waals surface area contributed by atoms with E-state index < -0.39 is 18.1 Å². The van der Waals surface area contributed by atoms with Crippen molar-refractivity contribution in [2.24, 2.45) is 5.73 Å². The molecule has 0 aliphatic heterocycles. The molecule has 0 radical (unpaired) electrons. The van der Waals surface area contributed by atoms with Gasteiger partial charge in [0.15, 0.2) is 5.11 Å². The van der Waals surface area contributed by atoms with Crippen LogP contribution >= 0.6 is 12.2 Å². The first-order chi connectivity index (χ1) is 10.0. The number of ether oxygens (including phenoxy) is 2. The Balaban J connectivity index is 2.47. The number of hydrogen-bond acceptors (Lipinski definition) is 5. The lowest BCUT2D eigenvalue weighted by Crippen LogP contribution is -2.49. The molecule has 1 aromatic carbocycles. The standard InChI is InChI=1S/C13H17N3O4S/c1-19-11(17)10(7-15-12(14)21)16-13(18)20-8-9-5-3-2-4-6-9/h2-6,10H,7-8H2,1H3,(H,16,18)(H3,14,15,21). The van der Waals surface area contributed by atoms with Crippen molar-refractivity contribution in [1.82, 2.24) is 10.6 Å². The zero-order valence-electron chi connectivity index (χ0n) is 11.5. The van der Waals surface area contributed by atoms with E-state index in [1.54, 1.807) is 0 Å². The maximum Gasteiger partial charge on any atom is 0.408 e. The molecule has 0 aliphatic rings. The molecule has 1 rings (SSSR count). The van der Waals surface area contributed by atoms with Crippen LogP contribution in [0.25, 0.3) is 0 Å². The summed E-state index contributed by atoms with van der Waals surface area (Å²) in [6.45, 7) is 0.117. The Morgan fingerprint density at radius 3 is 2.57 bits per heavy atom. The summed E-state index contributed by atoms with van der Waals surface area (Å²) in [6, 6.07) is 8.22. The second-order valence-corrected chi connectivity index (χ2v) is 4.47. The highest BCUT2D eigenvalue weighted by atomic mass is 32.1. The van der Waals surface area contributed by atoms with Gasteiger partial charge in [-0.1, -0.05) is 30.3 Å². The molecule has 0 aliphatic carbocycles. The highest BCUT2D eigenvalue weighted by molar-refractivity contribution is 7.80. The Morgan fingerprint density at radius 1 is 1.33 bits per heavy atom. The Bertz CT molecular complexity index is 495. The number of carbonyl (C=O) groups excluding carboxylic acids is 2. The van der Waals surface area contributed by atoms with Crippen molar-refractivity contribution in [2.75, 3.05) is 13.7 Å². The van der Waals surface area contributed by atoms with Crippen LogP contribution in [0.5, 0.6) is 0 Å². The van der Waals surface area contributed by atoms with Gasteiger partial charge < -0.3 is 25.8 Å². The van der Waals surface area contributed by atoms with E-state index in [0.29, 0.717) is 0 Å². The number of thiocarbonyl (C=S) groups is 1. The van der Waals surface area contributed by atoms with Crippen LogP contribution in [0.15, 0.2) is 30.3 Å². The molecule has 0 heterocycles. The fourth-order valence-electron chi connectivity index (χ4n) is 1.45. The van der Waals surface area contributed by atoms with Gasteiger partial charge in [0.2, 0.25) is 0 Å². The monoisotopic (exact) mass is 311 g/mol. The zero-order valence-corrected chi connectivity index (χ0v) is 12.3. The van der Waals surface area contributed by atoms with Gasteiger partial charge in [-0.2, -0.15) is 0 Å². The van der Waals surface area contributed by atoms with Crippen LogP contribution in [-0.2, 0) is 20.9 Å². The van der Waals surface area contributed by atoms with Gasteiger partial charge in [-0.3, -0.25) is 0 Å². The van der Waals surface area contributed by atoms with Crippen LogP contribution in [-0.4, -0.2) is 36.9 Å². The number of nitrogens with one attached hydrogen (secondary N) is 2. The number of hydrogen-bond donors (Lipinski definition) is 3. The third-order valence-electron chi connectivity index (χ3n) is 2.47. The van der Waals surface area contributed by atoms with Crippen molar-refractivity contribution in [2.45, 2.75) is 12.6 Å². The van der Waals surface area contributed by atoms with E-state index in [4.69, 9.17) is 10.5 Å². The van der Waals surface area contributed by atoms with Crippen molar-refractivity contribution in [3.8, 4) is 0 Å². The van der Waals surface area contributed by atoms with Crippen molar-refractivity contribution >= 4 is 29.4 Å². The Hall–Kier alpha value is -2.35. The third-order valence-corrected chi connectivity index (χ3v) is 2.62. The second-order valence-electron chi connectivity index (χ2n) is 4.03. The molecule has 1 aromatic rings. The molecule has 1 amide bonds. The maximum atomic E-state index is 11.7. The van der Waals surface area contributed by atoms with Gasteiger partial charge in [0, 0.05) is 6.54 Å². The highest BCUT2D eigenvalue weighted by Crippen LogP contribution is 2.00. The summed E-state index contributed by atoms with van der Waals surface area (Å²) < 4.78 is 9.59. The van der Waals surface area contributed by atoms with E-state index in [1.807, 2.05) is 30.3 Å². The largest absolute Gasteiger partial charge is 0.467 e. The molecule has 21 heavy (non-hydrogen) atoms. The molecular formula is C13H17N3O4S. The smallest absolute Gasteiger partial charge is 0.408 e. The molecule has 114 valence electrons. The van der Waals surface area contributed by atoms with Crippen LogP contribution in [0.2, 0.25) is 0 Å². The maximum absolute atomic E-state index is 11.7. The second kappa shape index (κ2) is 8.75. The van der Waals surface area contributed by atoms with Gasteiger partial charge in [-0.15, -0.1) is 0 Å². The molecular weight excluding hydrogens is 294 g/mol. The molecule has 0 bridgehead atoms. The van der Waals surface area contributed by atoms with Crippen molar-refractivity contribution in [3.63, 3.8) is 0 Å². The number of rotatable bonds is 6. The summed E-state index contributed by atoms with van der Waals surface area (Å²) in [6.07, 6.45) is -0.737. The SMILES string of the molecule is COC(=O)C(CNC(N)=S)NC(=O)OCc1ccccc1. The first-order valence-electron chi connectivity index (χ1n) is 6.11. The molecule has 0 aromatic heterocycles. The first-order valence-corrected chi connectivity index (χ1v) is 6.52. The molecule has 1 atom stereocenters. The number of benzene rings is 1. The lowest BCUT2D eigenvalue weighted by Gasteiger charge is -2.17. The summed E-state index contributed by atoms with van der Waals surface area (Å²) in [5, 5.41) is 4.98. The lowest BCUT2D eigenvalue weighted by atomic mass is 10.2. The minimum atomic E-state index is -0.945. The number of esters is 1. The minimum Gasteiger partial charge on any atom is -0.467 e. The van der Waals surface area contributed by atoms with Gasteiger partial charge in [-0.25, -0.2) is 9.59 Å². The molecule has 0 saturated heterocycles. The van der Waals surface area contributed by atoms with Crippen LogP contribution in [0.4, 0.5) is 4.79 Å². The van der Waals surface area contributed by atoms with Crippen LogP contribution < -0.4 is 16.4 Å². The van der Waals surface area contributed by atoms with Crippen molar-refractivity contribution in [3.05, 3.63) is 35.9 Å². The zero-order chi connectivity index (χ0) is 15.7. The summed E-state index contributed by atoms with van der Waals surface area (Å²) >= 11 is 4.64. The normalized spacial score (nSPS) is 11.1. The van der Waals surface area contributed by atoms with Crippen LogP contribution in [0, 0.1) is 0 Å². The Labute approximate surface area is 127 Å². The van der Waals surface area contributed by atoms with Gasteiger partial charge in [0.25, 0.3) is 0 Å². The topological polar surface area (TPSA) is 103 Å². The number of amides is 1. The lowest BCUT2D eigenvalue weighted by molar-refractivity contribution is -0.142.